The van der Waals surface area contributed by atoms with Crippen LogP contribution in [-0.4, -0.2) is 40.0 Å². The highest BCUT2D eigenvalue weighted by molar-refractivity contribution is 7.80. The highest BCUT2D eigenvalue weighted by atomic mass is 32.1. The van der Waals surface area contributed by atoms with E-state index in [1.165, 1.54) is 32.1 Å². The van der Waals surface area contributed by atoms with Crippen molar-refractivity contribution in [2.75, 3.05) is 5.75 Å². The molecule has 124 valence electrons. The van der Waals surface area contributed by atoms with Gasteiger partial charge in [0.1, 0.15) is 12.1 Å². The van der Waals surface area contributed by atoms with Crippen molar-refractivity contribution in [3.63, 3.8) is 0 Å². The van der Waals surface area contributed by atoms with Gasteiger partial charge in [-0.1, -0.05) is 58.3 Å². The first kappa shape index (κ1) is 20.2. The number of thiol groups is 1. The summed E-state index contributed by atoms with van der Waals surface area (Å²) in [5, 5.41) is 20.8. The molecule has 0 saturated carbocycles. The molecular formula is C15H29NO4S. The second-order valence-electron chi connectivity index (χ2n) is 5.36. The molecule has 6 heteroatoms. The van der Waals surface area contributed by atoms with Gasteiger partial charge in [0.25, 0.3) is 0 Å². The van der Waals surface area contributed by atoms with Gasteiger partial charge in [0.15, 0.2) is 0 Å². The van der Waals surface area contributed by atoms with Gasteiger partial charge in [-0.2, -0.15) is 12.6 Å². The fourth-order valence-corrected chi connectivity index (χ4v) is 2.30. The minimum atomic E-state index is -1.14. The topological polar surface area (TPSA) is 86.6 Å². The Morgan fingerprint density at radius 2 is 1.57 bits per heavy atom. The van der Waals surface area contributed by atoms with Gasteiger partial charge >= 0.3 is 5.97 Å². The monoisotopic (exact) mass is 319 g/mol. The zero-order valence-corrected chi connectivity index (χ0v) is 13.8. The van der Waals surface area contributed by atoms with Crippen LogP contribution in [0.1, 0.15) is 64.7 Å². The van der Waals surface area contributed by atoms with Crippen LogP contribution in [0.25, 0.3) is 0 Å². The molecule has 1 amide bonds. The number of aliphatic hydroxyl groups excluding tert-OH is 1. The predicted octanol–water partition coefficient (Wildman–Crippen LogP) is 2.38. The average Bonchev–Trinajstić information content (AvgIpc) is 2.46. The molecule has 0 heterocycles. The minimum Gasteiger partial charge on any atom is -0.480 e. The SMILES string of the molecule is CCCCCCCCCCC(O)C(=O)N[C@@H](CS)C(=O)O. The van der Waals surface area contributed by atoms with E-state index in [9.17, 15) is 14.7 Å². The number of carboxylic acid groups (broad SMARTS) is 1. The van der Waals surface area contributed by atoms with E-state index in [0.29, 0.717) is 6.42 Å². The summed E-state index contributed by atoms with van der Waals surface area (Å²) < 4.78 is 0. The number of nitrogens with one attached hydrogen (secondary N) is 1. The number of amides is 1. The van der Waals surface area contributed by atoms with Crippen molar-refractivity contribution in [1.82, 2.24) is 5.32 Å². The molecule has 0 spiro atoms. The molecule has 0 fully saturated rings. The largest absolute Gasteiger partial charge is 0.480 e. The van der Waals surface area contributed by atoms with Gasteiger partial charge in [-0.15, -0.1) is 0 Å². The fourth-order valence-electron chi connectivity index (χ4n) is 2.06. The average molecular weight is 319 g/mol. The van der Waals surface area contributed by atoms with Crippen LogP contribution < -0.4 is 5.32 Å². The fraction of sp³-hybridized carbons (Fsp3) is 0.867. The van der Waals surface area contributed by atoms with E-state index < -0.39 is 24.0 Å². The Hall–Kier alpha value is -0.750. The van der Waals surface area contributed by atoms with Crippen molar-refractivity contribution < 1.29 is 19.8 Å². The number of carbonyl (C=O) groups is 2. The van der Waals surface area contributed by atoms with Crippen LogP contribution in [0.15, 0.2) is 0 Å². The lowest BCUT2D eigenvalue weighted by Crippen LogP contribution is -2.46. The predicted molar refractivity (Wildman–Crippen MR) is 86.7 cm³/mol. The lowest BCUT2D eigenvalue weighted by molar-refractivity contribution is -0.142. The number of carboxylic acids is 1. The Morgan fingerprint density at radius 1 is 1.05 bits per heavy atom. The number of carbonyl (C=O) groups excluding carboxylic acids is 1. The summed E-state index contributed by atoms with van der Waals surface area (Å²) in [6.07, 6.45) is 8.38. The van der Waals surface area contributed by atoms with E-state index in [-0.39, 0.29) is 5.75 Å². The second kappa shape index (κ2) is 13.0. The molecule has 5 nitrogen and oxygen atoms in total. The van der Waals surface area contributed by atoms with Gasteiger partial charge in [-0.05, 0) is 6.42 Å². The maximum Gasteiger partial charge on any atom is 0.327 e. The quantitative estimate of drug-likeness (QED) is 0.310. The van der Waals surface area contributed by atoms with Crippen molar-refractivity contribution >= 4 is 24.5 Å². The molecule has 0 aromatic carbocycles. The Morgan fingerprint density at radius 3 is 2.05 bits per heavy atom. The summed E-state index contributed by atoms with van der Waals surface area (Å²) >= 11 is 3.85. The minimum absolute atomic E-state index is 0.00551. The molecule has 0 rings (SSSR count). The number of rotatable bonds is 13. The number of aliphatic hydroxyl groups is 1. The van der Waals surface area contributed by atoms with Crippen molar-refractivity contribution in [3.05, 3.63) is 0 Å². The van der Waals surface area contributed by atoms with Crippen molar-refractivity contribution in [2.45, 2.75) is 76.9 Å². The summed E-state index contributed by atoms with van der Waals surface area (Å²) in [4.78, 5) is 22.3. The van der Waals surface area contributed by atoms with Gasteiger partial charge in [0.2, 0.25) is 5.91 Å². The van der Waals surface area contributed by atoms with Crippen LogP contribution in [0.3, 0.4) is 0 Å². The maximum absolute atomic E-state index is 11.6. The molecule has 0 saturated heterocycles. The Balaban J connectivity index is 3.66. The molecule has 0 aromatic heterocycles. The normalized spacial score (nSPS) is 13.7. The van der Waals surface area contributed by atoms with Crippen LogP contribution in [-0.2, 0) is 9.59 Å². The summed E-state index contributed by atoms with van der Waals surface area (Å²) in [5.74, 6) is -1.76. The van der Waals surface area contributed by atoms with Gasteiger partial charge in [-0.25, -0.2) is 4.79 Å². The third kappa shape index (κ3) is 10.6. The Labute approximate surface area is 132 Å². The Kier molecular flexibility index (Phi) is 12.5. The zero-order valence-electron chi connectivity index (χ0n) is 12.9. The van der Waals surface area contributed by atoms with Crippen LogP contribution in [0.4, 0.5) is 0 Å². The van der Waals surface area contributed by atoms with Gasteiger partial charge in [0, 0.05) is 5.75 Å². The van der Waals surface area contributed by atoms with Crippen molar-refractivity contribution in [2.24, 2.45) is 0 Å². The first-order valence-corrected chi connectivity index (χ1v) is 8.48. The maximum atomic E-state index is 11.6. The van der Waals surface area contributed by atoms with Gasteiger partial charge in [0.05, 0.1) is 0 Å². The molecular weight excluding hydrogens is 290 g/mol. The van der Waals surface area contributed by atoms with E-state index in [1.54, 1.807) is 0 Å². The number of aliphatic carboxylic acids is 1. The standard InChI is InChI=1S/C15H29NO4S/c1-2-3-4-5-6-7-8-9-10-13(17)14(18)16-12(11-21)15(19)20/h12-13,17,21H,2-11H2,1H3,(H,16,18)(H,19,20)/t12-,13?/m0/s1. The van der Waals surface area contributed by atoms with E-state index >= 15 is 0 Å². The van der Waals surface area contributed by atoms with Crippen LogP contribution >= 0.6 is 12.6 Å². The third-order valence-corrected chi connectivity index (χ3v) is 3.80. The first-order valence-electron chi connectivity index (χ1n) is 7.85. The third-order valence-electron chi connectivity index (χ3n) is 3.43. The first-order chi connectivity index (χ1) is 10.0. The lowest BCUT2D eigenvalue weighted by atomic mass is 10.1. The van der Waals surface area contributed by atoms with Crippen LogP contribution in [0.2, 0.25) is 0 Å². The van der Waals surface area contributed by atoms with E-state index in [0.717, 1.165) is 19.3 Å². The van der Waals surface area contributed by atoms with E-state index in [1.807, 2.05) is 0 Å². The molecule has 0 aromatic rings. The van der Waals surface area contributed by atoms with E-state index in [4.69, 9.17) is 5.11 Å². The molecule has 3 N–H and O–H groups in total. The summed E-state index contributed by atoms with van der Waals surface area (Å²) in [6, 6.07) is -1.05. The summed E-state index contributed by atoms with van der Waals surface area (Å²) in [7, 11) is 0. The molecule has 0 bridgehead atoms. The molecule has 21 heavy (non-hydrogen) atoms. The van der Waals surface area contributed by atoms with Gasteiger partial charge in [-0.3, -0.25) is 4.79 Å². The van der Waals surface area contributed by atoms with Crippen molar-refractivity contribution in [3.8, 4) is 0 Å². The lowest BCUT2D eigenvalue weighted by Gasteiger charge is -2.15. The number of hydrogen-bond acceptors (Lipinski definition) is 4. The second-order valence-corrected chi connectivity index (χ2v) is 5.73. The van der Waals surface area contributed by atoms with Gasteiger partial charge < -0.3 is 15.5 Å². The number of hydrogen-bond donors (Lipinski definition) is 4. The van der Waals surface area contributed by atoms with E-state index in [2.05, 4.69) is 24.9 Å². The zero-order chi connectivity index (χ0) is 16.1. The summed E-state index contributed by atoms with van der Waals surface area (Å²) in [6.45, 7) is 2.19. The molecule has 0 aliphatic carbocycles. The highest BCUT2D eigenvalue weighted by Gasteiger charge is 2.22. The molecule has 2 atom stereocenters. The molecule has 0 aliphatic heterocycles. The molecule has 1 unspecified atom stereocenters. The molecule has 0 aliphatic rings. The molecule has 0 radical (unpaired) electrons. The van der Waals surface area contributed by atoms with Crippen LogP contribution in [0.5, 0.6) is 0 Å². The smallest absolute Gasteiger partial charge is 0.327 e. The van der Waals surface area contributed by atoms with Crippen LogP contribution in [0, 0.1) is 0 Å². The summed E-state index contributed by atoms with van der Waals surface area (Å²) in [5.41, 5.74) is 0. The highest BCUT2D eigenvalue weighted by Crippen LogP contribution is 2.10. The number of unbranched alkanes of at least 4 members (excludes halogenated alkanes) is 7. The Bertz CT molecular complexity index is 299. The van der Waals surface area contributed by atoms with Crippen molar-refractivity contribution in [1.29, 1.82) is 0 Å².